The fourth-order valence-corrected chi connectivity index (χ4v) is 3.26. The van der Waals surface area contributed by atoms with E-state index in [0.29, 0.717) is 13.1 Å². The summed E-state index contributed by atoms with van der Waals surface area (Å²) in [7, 11) is 4.17. The molecule has 0 bridgehead atoms. The average Bonchev–Trinajstić information content (AvgIpc) is 3.05. The summed E-state index contributed by atoms with van der Waals surface area (Å²) in [4.78, 5) is 12.6. The number of thiazole rings is 1. The molecule has 1 heterocycles. The van der Waals surface area contributed by atoms with E-state index in [4.69, 9.17) is 4.99 Å². The van der Waals surface area contributed by atoms with Gasteiger partial charge in [0.25, 0.3) is 0 Å². The summed E-state index contributed by atoms with van der Waals surface area (Å²) in [6, 6.07) is 8.61. The molecule has 0 aliphatic heterocycles. The minimum Gasteiger partial charge on any atom is -0.357 e. The van der Waals surface area contributed by atoms with E-state index >= 15 is 0 Å². The molecule has 2 aromatic rings. The highest BCUT2D eigenvalue weighted by atomic mass is 32.1. The molecule has 5 nitrogen and oxygen atoms in total. The van der Waals surface area contributed by atoms with Crippen LogP contribution in [0.2, 0.25) is 0 Å². The van der Waals surface area contributed by atoms with Gasteiger partial charge in [0.15, 0.2) is 5.96 Å². The normalized spacial score (nSPS) is 11.8. The van der Waals surface area contributed by atoms with Gasteiger partial charge in [-0.2, -0.15) is 0 Å². The molecule has 0 aliphatic carbocycles. The number of aromatic nitrogens is 1. The first-order valence-electron chi connectivity index (χ1n) is 8.79. The minimum atomic E-state index is 0.661. The summed E-state index contributed by atoms with van der Waals surface area (Å²) in [6.45, 7) is 7.38. The molecule has 0 fully saturated rings. The predicted molar refractivity (Wildman–Crippen MR) is 107 cm³/mol. The monoisotopic (exact) mass is 359 g/mol. The molecule has 2 N–H and O–H groups in total. The van der Waals surface area contributed by atoms with E-state index in [-0.39, 0.29) is 0 Å². The number of hydrogen-bond donors (Lipinski definition) is 2. The van der Waals surface area contributed by atoms with Crippen molar-refractivity contribution in [3.05, 3.63) is 51.5 Å². The smallest absolute Gasteiger partial charge is 0.191 e. The van der Waals surface area contributed by atoms with Gasteiger partial charge in [-0.15, -0.1) is 11.3 Å². The largest absolute Gasteiger partial charge is 0.357 e. The molecular formula is C19H29N5S. The number of nitrogens with one attached hydrogen (secondary N) is 2. The van der Waals surface area contributed by atoms with Crippen LogP contribution in [0.4, 0.5) is 0 Å². The van der Waals surface area contributed by atoms with Gasteiger partial charge in [-0.25, -0.2) is 9.98 Å². The van der Waals surface area contributed by atoms with Crippen molar-refractivity contribution in [2.75, 3.05) is 20.6 Å². The number of aliphatic imine (C=N–C) groups is 1. The number of nitrogens with zero attached hydrogens (tertiary/aromatic N) is 3. The van der Waals surface area contributed by atoms with Crippen LogP contribution in [0.1, 0.15) is 34.9 Å². The van der Waals surface area contributed by atoms with Gasteiger partial charge in [-0.1, -0.05) is 31.2 Å². The van der Waals surface area contributed by atoms with Crippen LogP contribution in [0.3, 0.4) is 0 Å². The fraction of sp³-hybridized carbons (Fsp3) is 0.474. The van der Waals surface area contributed by atoms with Gasteiger partial charge in [0.1, 0.15) is 5.01 Å². The molecule has 1 aromatic heterocycles. The number of aryl methyl sites for hydroxylation is 1. The Bertz CT molecular complexity index is 678. The number of guanidine groups is 1. The lowest BCUT2D eigenvalue weighted by atomic mass is 10.1. The van der Waals surface area contributed by atoms with Crippen LogP contribution >= 0.6 is 11.3 Å². The zero-order chi connectivity index (χ0) is 18.1. The third-order valence-electron chi connectivity index (χ3n) is 3.61. The van der Waals surface area contributed by atoms with Gasteiger partial charge in [0.05, 0.1) is 13.1 Å². The SMILES string of the molecule is CCNC(=NCc1cccc(CN(C)C)c1)NCc1ncc(CC)s1. The van der Waals surface area contributed by atoms with Crippen molar-refractivity contribution in [2.24, 2.45) is 4.99 Å². The van der Waals surface area contributed by atoms with Crippen LogP contribution in [-0.2, 0) is 26.1 Å². The van der Waals surface area contributed by atoms with Crippen molar-refractivity contribution in [2.45, 2.75) is 39.9 Å². The lowest BCUT2D eigenvalue weighted by molar-refractivity contribution is 0.402. The summed E-state index contributed by atoms with van der Waals surface area (Å²) in [5.74, 6) is 0.828. The van der Waals surface area contributed by atoms with E-state index in [2.05, 4.69) is 72.7 Å². The van der Waals surface area contributed by atoms with Crippen molar-refractivity contribution in [1.29, 1.82) is 0 Å². The van der Waals surface area contributed by atoms with E-state index in [0.717, 1.165) is 30.5 Å². The van der Waals surface area contributed by atoms with E-state index in [9.17, 15) is 0 Å². The van der Waals surface area contributed by atoms with Crippen LogP contribution in [0.15, 0.2) is 35.5 Å². The van der Waals surface area contributed by atoms with Crippen molar-refractivity contribution < 1.29 is 0 Å². The number of hydrogen-bond acceptors (Lipinski definition) is 4. The van der Waals surface area contributed by atoms with E-state index in [1.807, 2.05) is 6.20 Å². The standard InChI is InChI=1S/C19H29N5S/c1-5-17-12-21-18(25-17)13-23-19(20-6-2)22-11-15-8-7-9-16(10-15)14-24(3)4/h7-10,12H,5-6,11,13-14H2,1-4H3,(H2,20,22,23). The molecule has 1 aromatic carbocycles. The van der Waals surface area contributed by atoms with Crippen LogP contribution in [0.25, 0.3) is 0 Å². The maximum atomic E-state index is 4.70. The Kier molecular flexibility index (Phi) is 7.88. The van der Waals surface area contributed by atoms with Crippen molar-refractivity contribution in [1.82, 2.24) is 20.5 Å². The van der Waals surface area contributed by atoms with Crippen molar-refractivity contribution in [3.8, 4) is 0 Å². The second kappa shape index (κ2) is 10.2. The second-order valence-electron chi connectivity index (χ2n) is 6.18. The van der Waals surface area contributed by atoms with Gasteiger partial charge in [0.2, 0.25) is 0 Å². The maximum absolute atomic E-state index is 4.70. The van der Waals surface area contributed by atoms with Gasteiger partial charge >= 0.3 is 0 Å². The molecule has 0 aliphatic rings. The highest BCUT2D eigenvalue weighted by Gasteiger charge is 2.03. The molecule has 136 valence electrons. The first-order valence-corrected chi connectivity index (χ1v) is 9.60. The minimum absolute atomic E-state index is 0.661. The van der Waals surface area contributed by atoms with E-state index in [1.54, 1.807) is 11.3 Å². The summed E-state index contributed by atoms with van der Waals surface area (Å²) in [6.07, 6.45) is 3.00. The molecule has 25 heavy (non-hydrogen) atoms. The molecule has 2 rings (SSSR count). The molecule has 0 atom stereocenters. The predicted octanol–water partition coefficient (Wildman–Crippen LogP) is 3.02. The molecular weight excluding hydrogens is 330 g/mol. The Morgan fingerprint density at radius 2 is 2.00 bits per heavy atom. The van der Waals surface area contributed by atoms with Crippen molar-refractivity contribution in [3.63, 3.8) is 0 Å². The molecule has 0 radical (unpaired) electrons. The summed E-state index contributed by atoms with van der Waals surface area (Å²) >= 11 is 1.75. The van der Waals surface area contributed by atoms with E-state index in [1.165, 1.54) is 16.0 Å². The molecule has 0 unspecified atom stereocenters. The number of rotatable bonds is 8. The maximum Gasteiger partial charge on any atom is 0.191 e. The van der Waals surface area contributed by atoms with Crippen molar-refractivity contribution >= 4 is 17.3 Å². The lowest BCUT2D eigenvalue weighted by Gasteiger charge is -2.12. The summed E-state index contributed by atoms with van der Waals surface area (Å²) in [5, 5.41) is 7.76. The van der Waals surface area contributed by atoms with Gasteiger partial charge in [-0.3, -0.25) is 0 Å². The van der Waals surface area contributed by atoms with E-state index < -0.39 is 0 Å². The quantitative estimate of drug-likeness (QED) is 0.562. The number of benzene rings is 1. The highest BCUT2D eigenvalue weighted by molar-refractivity contribution is 7.11. The van der Waals surface area contributed by atoms with Crippen LogP contribution in [-0.4, -0.2) is 36.5 Å². The van der Waals surface area contributed by atoms with Crippen LogP contribution in [0, 0.1) is 0 Å². The molecule has 6 heteroatoms. The molecule has 0 saturated carbocycles. The van der Waals surface area contributed by atoms with Crippen LogP contribution < -0.4 is 10.6 Å². The second-order valence-corrected chi connectivity index (χ2v) is 7.38. The molecule has 0 amide bonds. The first kappa shape index (κ1) is 19.4. The summed E-state index contributed by atoms with van der Waals surface area (Å²) in [5.41, 5.74) is 2.53. The first-order chi connectivity index (χ1) is 12.1. The topological polar surface area (TPSA) is 52.6 Å². The average molecular weight is 360 g/mol. The fourth-order valence-electron chi connectivity index (χ4n) is 2.46. The van der Waals surface area contributed by atoms with Gasteiger partial charge < -0.3 is 15.5 Å². The van der Waals surface area contributed by atoms with Gasteiger partial charge in [0, 0.05) is 24.2 Å². The zero-order valence-corrected chi connectivity index (χ0v) is 16.5. The third-order valence-corrected chi connectivity index (χ3v) is 4.75. The molecule has 0 saturated heterocycles. The lowest BCUT2D eigenvalue weighted by Crippen LogP contribution is -2.36. The molecule has 0 spiro atoms. The Balaban J connectivity index is 1.96. The Morgan fingerprint density at radius 3 is 2.68 bits per heavy atom. The zero-order valence-electron chi connectivity index (χ0n) is 15.7. The Hall–Kier alpha value is -1.92. The van der Waals surface area contributed by atoms with Gasteiger partial charge in [-0.05, 0) is 38.6 Å². The summed E-state index contributed by atoms with van der Waals surface area (Å²) < 4.78 is 0. The Labute approximate surface area is 155 Å². The highest BCUT2D eigenvalue weighted by Crippen LogP contribution is 2.13. The third kappa shape index (κ3) is 6.84. The Morgan fingerprint density at radius 1 is 1.20 bits per heavy atom. The van der Waals surface area contributed by atoms with Crippen LogP contribution in [0.5, 0.6) is 0 Å².